The van der Waals surface area contributed by atoms with Gasteiger partial charge >= 0.3 is 0 Å². The molecule has 0 saturated heterocycles. The van der Waals surface area contributed by atoms with E-state index in [9.17, 15) is 8.42 Å². The van der Waals surface area contributed by atoms with Gasteiger partial charge in [-0.05, 0) is 19.5 Å². The topological polar surface area (TPSA) is 71.1 Å². The smallest absolute Gasteiger partial charge is 0.266 e. The van der Waals surface area contributed by atoms with E-state index >= 15 is 0 Å². The molecule has 2 heterocycles. The first kappa shape index (κ1) is 17.0. The van der Waals surface area contributed by atoms with Crippen LogP contribution in [0.5, 0.6) is 0 Å². The summed E-state index contributed by atoms with van der Waals surface area (Å²) >= 11 is 13.9. The van der Waals surface area contributed by atoms with E-state index < -0.39 is 10.0 Å². The predicted octanol–water partition coefficient (Wildman–Crippen LogP) is 3.98. The number of anilines is 1. The van der Waals surface area contributed by atoms with E-state index in [1.165, 1.54) is 17.4 Å². The summed E-state index contributed by atoms with van der Waals surface area (Å²) in [6.07, 6.45) is 0. The molecule has 0 aromatic carbocycles. The van der Waals surface area contributed by atoms with E-state index in [1.807, 2.05) is 19.2 Å². The Morgan fingerprint density at radius 3 is 2.71 bits per heavy atom. The third-order valence-electron chi connectivity index (χ3n) is 2.61. The first-order valence-corrected chi connectivity index (χ1v) is 9.93. The summed E-state index contributed by atoms with van der Waals surface area (Å²) in [5.41, 5.74) is 0.786. The maximum absolute atomic E-state index is 12.2. The number of nitrogens with zero attached hydrogens (tertiary/aromatic N) is 1. The van der Waals surface area contributed by atoms with Gasteiger partial charge in [0.2, 0.25) is 0 Å². The monoisotopic (exact) mass is 385 g/mol. The molecule has 10 heteroatoms. The summed E-state index contributed by atoms with van der Waals surface area (Å²) in [7, 11) is -3.78. The maximum atomic E-state index is 12.2. The normalized spacial score (nSPS) is 13.3. The van der Waals surface area contributed by atoms with E-state index in [0.29, 0.717) is 9.47 Å². The van der Waals surface area contributed by atoms with Crippen molar-refractivity contribution in [3.05, 3.63) is 25.8 Å². The average Bonchev–Trinajstić information content (AvgIpc) is 2.96. The Balaban J connectivity index is 2.20. The summed E-state index contributed by atoms with van der Waals surface area (Å²) in [6, 6.07) is 1.39. The fourth-order valence-corrected chi connectivity index (χ4v) is 5.83. The van der Waals surface area contributed by atoms with Crippen LogP contribution in [0.1, 0.15) is 25.6 Å². The average molecular weight is 386 g/mol. The largest absolute Gasteiger partial charge is 0.309 e. The molecule has 0 spiro atoms. The van der Waals surface area contributed by atoms with Crippen LogP contribution in [0.2, 0.25) is 8.67 Å². The number of aromatic nitrogens is 1. The minimum atomic E-state index is -3.78. The zero-order valence-corrected chi connectivity index (χ0v) is 15.1. The van der Waals surface area contributed by atoms with Gasteiger partial charge in [0, 0.05) is 11.4 Å². The number of thiazole rings is 1. The molecule has 1 atom stereocenters. The van der Waals surface area contributed by atoms with E-state index in [2.05, 4.69) is 15.0 Å². The molecule has 2 aromatic rings. The molecule has 21 heavy (non-hydrogen) atoms. The number of rotatable bonds is 6. The molecule has 5 nitrogen and oxygen atoms in total. The van der Waals surface area contributed by atoms with Crippen LogP contribution in [0.25, 0.3) is 0 Å². The Bertz CT molecular complexity index is 727. The van der Waals surface area contributed by atoms with Crippen LogP contribution >= 0.6 is 45.9 Å². The van der Waals surface area contributed by atoms with Gasteiger partial charge in [0.05, 0.1) is 10.0 Å². The molecule has 0 amide bonds. The van der Waals surface area contributed by atoms with Crippen LogP contribution in [0.4, 0.5) is 5.13 Å². The van der Waals surface area contributed by atoms with Crippen molar-refractivity contribution in [2.24, 2.45) is 0 Å². The van der Waals surface area contributed by atoms with E-state index in [4.69, 9.17) is 23.2 Å². The SMILES string of the molecule is CCNC(C)c1csc(NS(=O)(=O)c2cc(Cl)sc2Cl)n1. The second kappa shape index (κ2) is 6.80. The van der Waals surface area contributed by atoms with Gasteiger partial charge in [-0.1, -0.05) is 30.1 Å². The zero-order valence-electron chi connectivity index (χ0n) is 11.2. The first-order chi connectivity index (χ1) is 9.83. The van der Waals surface area contributed by atoms with Crippen molar-refractivity contribution in [1.29, 1.82) is 0 Å². The van der Waals surface area contributed by atoms with Gasteiger partial charge in [0.15, 0.2) is 5.13 Å². The molecule has 0 fully saturated rings. The number of thiophene rings is 1. The second-order valence-electron chi connectivity index (χ2n) is 4.15. The van der Waals surface area contributed by atoms with Crippen molar-refractivity contribution in [3.8, 4) is 0 Å². The summed E-state index contributed by atoms with van der Waals surface area (Å²) in [5, 5.41) is 5.32. The Morgan fingerprint density at radius 1 is 1.43 bits per heavy atom. The van der Waals surface area contributed by atoms with Crippen molar-refractivity contribution in [2.75, 3.05) is 11.3 Å². The van der Waals surface area contributed by atoms with Gasteiger partial charge in [0.25, 0.3) is 10.0 Å². The van der Waals surface area contributed by atoms with Crippen LogP contribution < -0.4 is 10.0 Å². The molecule has 1 unspecified atom stereocenters. The van der Waals surface area contributed by atoms with E-state index in [-0.39, 0.29) is 15.3 Å². The lowest BCUT2D eigenvalue weighted by atomic mass is 10.3. The quantitative estimate of drug-likeness (QED) is 0.788. The number of hydrogen-bond donors (Lipinski definition) is 2. The van der Waals surface area contributed by atoms with Crippen LogP contribution in [-0.4, -0.2) is 19.9 Å². The van der Waals surface area contributed by atoms with Crippen LogP contribution in [0, 0.1) is 0 Å². The standard InChI is InChI=1S/C11H13Cl2N3O2S3/c1-3-14-6(2)7-5-19-11(15-7)16-21(17,18)8-4-9(12)20-10(8)13/h4-6,14H,3H2,1-2H3,(H,15,16). The molecule has 0 aliphatic carbocycles. The van der Waals surface area contributed by atoms with Gasteiger partial charge in [0.1, 0.15) is 9.23 Å². The van der Waals surface area contributed by atoms with Crippen molar-refractivity contribution in [1.82, 2.24) is 10.3 Å². The van der Waals surface area contributed by atoms with Crippen LogP contribution in [-0.2, 0) is 10.0 Å². The molecule has 2 aromatic heterocycles. The van der Waals surface area contributed by atoms with E-state index in [1.54, 1.807) is 0 Å². The minimum Gasteiger partial charge on any atom is -0.309 e. The van der Waals surface area contributed by atoms with Gasteiger partial charge in [-0.3, -0.25) is 4.72 Å². The Labute approximate surface area is 141 Å². The molecule has 0 aliphatic rings. The fraction of sp³-hybridized carbons (Fsp3) is 0.364. The van der Waals surface area contributed by atoms with Crippen LogP contribution in [0.3, 0.4) is 0 Å². The van der Waals surface area contributed by atoms with E-state index in [0.717, 1.165) is 23.6 Å². The lowest BCUT2D eigenvalue weighted by molar-refractivity contribution is 0.586. The van der Waals surface area contributed by atoms with Gasteiger partial charge in [-0.2, -0.15) is 0 Å². The molecule has 0 saturated carbocycles. The highest BCUT2D eigenvalue weighted by molar-refractivity contribution is 7.93. The lowest BCUT2D eigenvalue weighted by Crippen LogP contribution is -2.18. The van der Waals surface area contributed by atoms with Crippen molar-refractivity contribution in [2.45, 2.75) is 24.8 Å². The van der Waals surface area contributed by atoms with Crippen molar-refractivity contribution >= 4 is 61.0 Å². The van der Waals surface area contributed by atoms with Crippen molar-refractivity contribution in [3.63, 3.8) is 0 Å². The van der Waals surface area contributed by atoms with Gasteiger partial charge < -0.3 is 5.32 Å². The molecule has 2 N–H and O–H groups in total. The highest BCUT2D eigenvalue weighted by Gasteiger charge is 2.22. The summed E-state index contributed by atoms with van der Waals surface area (Å²) < 4.78 is 27.4. The minimum absolute atomic E-state index is 0.0318. The highest BCUT2D eigenvalue weighted by atomic mass is 35.5. The molecule has 0 aliphatic heterocycles. The number of halogens is 2. The molecule has 116 valence electrons. The molecular weight excluding hydrogens is 373 g/mol. The first-order valence-electron chi connectivity index (χ1n) is 6.00. The molecule has 0 bridgehead atoms. The zero-order chi connectivity index (χ0) is 15.6. The molecule has 2 rings (SSSR count). The Hall–Kier alpha value is -0.380. The Morgan fingerprint density at radius 2 is 2.14 bits per heavy atom. The molecular formula is C11H13Cl2N3O2S3. The lowest BCUT2D eigenvalue weighted by Gasteiger charge is -2.08. The van der Waals surface area contributed by atoms with Crippen LogP contribution in [0.15, 0.2) is 16.3 Å². The second-order valence-corrected chi connectivity index (χ2v) is 8.95. The number of nitrogens with one attached hydrogen (secondary N) is 2. The maximum Gasteiger partial charge on any atom is 0.266 e. The van der Waals surface area contributed by atoms with Crippen molar-refractivity contribution < 1.29 is 8.42 Å². The Kier molecular flexibility index (Phi) is 5.50. The number of hydrogen-bond acceptors (Lipinski definition) is 6. The fourth-order valence-electron chi connectivity index (χ4n) is 1.62. The predicted molar refractivity (Wildman–Crippen MR) is 89.4 cm³/mol. The summed E-state index contributed by atoms with van der Waals surface area (Å²) in [6.45, 7) is 4.77. The molecule has 0 radical (unpaired) electrons. The summed E-state index contributed by atoms with van der Waals surface area (Å²) in [4.78, 5) is 4.24. The summed E-state index contributed by atoms with van der Waals surface area (Å²) in [5.74, 6) is 0. The highest BCUT2D eigenvalue weighted by Crippen LogP contribution is 2.35. The third kappa shape index (κ3) is 4.08. The van der Waals surface area contributed by atoms with Gasteiger partial charge in [-0.15, -0.1) is 22.7 Å². The number of sulfonamides is 1. The third-order valence-corrected chi connectivity index (χ3v) is 6.61. The van der Waals surface area contributed by atoms with Gasteiger partial charge in [-0.25, -0.2) is 13.4 Å².